The van der Waals surface area contributed by atoms with Gasteiger partial charge >= 0.3 is 6.18 Å². The quantitative estimate of drug-likeness (QED) is 0.532. The summed E-state index contributed by atoms with van der Waals surface area (Å²) in [7, 11) is 0. The summed E-state index contributed by atoms with van der Waals surface area (Å²) in [6.45, 7) is 3.80. The van der Waals surface area contributed by atoms with E-state index in [1.54, 1.807) is 23.1 Å². The molecule has 35 heavy (non-hydrogen) atoms. The lowest BCUT2D eigenvalue weighted by atomic mass is 10.1. The third-order valence-corrected chi connectivity index (χ3v) is 5.82. The van der Waals surface area contributed by atoms with E-state index in [1.165, 1.54) is 23.0 Å². The number of alkyl halides is 3. The molecule has 1 aromatic heterocycles. The number of carbonyl (C=O) groups excluding carboxylic acids is 1. The van der Waals surface area contributed by atoms with Crippen molar-refractivity contribution in [3.8, 4) is 17.0 Å². The minimum absolute atomic E-state index is 0.154. The fraction of sp³-hybridized carbons (Fsp3) is 0.320. The van der Waals surface area contributed by atoms with Crippen molar-refractivity contribution >= 4 is 11.6 Å². The van der Waals surface area contributed by atoms with Crippen molar-refractivity contribution in [1.82, 2.24) is 14.5 Å². The highest BCUT2D eigenvalue weighted by atomic mass is 19.4. The molecule has 0 N–H and O–H groups in total. The van der Waals surface area contributed by atoms with Gasteiger partial charge in [-0.15, -0.1) is 0 Å². The Morgan fingerprint density at radius 1 is 1.03 bits per heavy atom. The average molecular weight is 486 g/mol. The van der Waals surface area contributed by atoms with Crippen molar-refractivity contribution < 1.29 is 22.7 Å². The number of ether oxygens (including phenoxy) is 1. The van der Waals surface area contributed by atoms with E-state index in [-0.39, 0.29) is 18.0 Å². The Labute approximate surface area is 200 Å². The van der Waals surface area contributed by atoms with Crippen molar-refractivity contribution in [2.24, 2.45) is 0 Å². The maximum absolute atomic E-state index is 13.0. The van der Waals surface area contributed by atoms with Crippen LogP contribution in [-0.4, -0.2) is 53.1 Å². The maximum Gasteiger partial charge on any atom is 0.416 e. The Hall–Kier alpha value is -3.82. The SMILES string of the molecule is CCOc1ccc(-c2cc(=O)n(CC(=O)N3CCN(c4cccc(C(F)(F)F)c4)CC3)cn2)cc1. The number of nitrogens with zero attached hydrogens (tertiary/aromatic N) is 4. The first-order valence-electron chi connectivity index (χ1n) is 11.2. The Morgan fingerprint density at radius 3 is 2.37 bits per heavy atom. The van der Waals surface area contributed by atoms with Crippen LogP contribution in [0.5, 0.6) is 5.75 Å². The van der Waals surface area contributed by atoms with Crippen LogP contribution < -0.4 is 15.2 Å². The highest BCUT2D eigenvalue weighted by molar-refractivity contribution is 5.76. The number of benzene rings is 2. The van der Waals surface area contributed by atoms with Gasteiger partial charge in [-0.1, -0.05) is 6.07 Å². The number of carbonyl (C=O) groups is 1. The predicted molar refractivity (Wildman–Crippen MR) is 125 cm³/mol. The Balaban J connectivity index is 1.36. The fourth-order valence-corrected chi connectivity index (χ4v) is 3.93. The fourth-order valence-electron chi connectivity index (χ4n) is 3.93. The average Bonchev–Trinajstić information content (AvgIpc) is 2.85. The largest absolute Gasteiger partial charge is 0.494 e. The van der Waals surface area contributed by atoms with Crippen molar-refractivity contribution in [1.29, 1.82) is 0 Å². The number of amides is 1. The molecule has 1 aliphatic heterocycles. The zero-order valence-corrected chi connectivity index (χ0v) is 19.2. The van der Waals surface area contributed by atoms with Gasteiger partial charge in [-0.05, 0) is 49.4 Å². The topological polar surface area (TPSA) is 67.7 Å². The van der Waals surface area contributed by atoms with Crippen LogP contribution in [0.3, 0.4) is 0 Å². The van der Waals surface area contributed by atoms with Crippen LogP contribution in [0.1, 0.15) is 12.5 Å². The second-order valence-electron chi connectivity index (χ2n) is 8.11. The molecule has 2 heterocycles. The van der Waals surface area contributed by atoms with Gasteiger partial charge in [-0.25, -0.2) is 4.98 Å². The molecule has 0 spiro atoms. The summed E-state index contributed by atoms with van der Waals surface area (Å²) in [6, 6.07) is 13.8. The molecule has 7 nitrogen and oxygen atoms in total. The summed E-state index contributed by atoms with van der Waals surface area (Å²) >= 11 is 0. The van der Waals surface area contributed by atoms with Crippen molar-refractivity contribution in [3.05, 3.63) is 76.8 Å². The maximum atomic E-state index is 13.0. The Morgan fingerprint density at radius 2 is 1.74 bits per heavy atom. The molecular formula is C25H25F3N4O3. The number of hydrogen-bond acceptors (Lipinski definition) is 5. The summed E-state index contributed by atoms with van der Waals surface area (Å²) in [5, 5.41) is 0. The molecule has 3 aromatic rings. The van der Waals surface area contributed by atoms with Gasteiger partial charge in [-0.3, -0.25) is 14.2 Å². The number of rotatable bonds is 6. The second kappa shape index (κ2) is 10.2. The van der Waals surface area contributed by atoms with Crippen molar-refractivity contribution in [3.63, 3.8) is 0 Å². The van der Waals surface area contributed by atoms with E-state index < -0.39 is 11.7 Å². The minimum Gasteiger partial charge on any atom is -0.494 e. The minimum atomic E-state index is -4.41. The molecular weight excluding hydrogens is 461 g/mol. The summed E-state index contributed by atoms with van der Waals surface area (Å²) in [5.41, 5.74) is 0.678. The summed E-state index contributed by atoms with van der Waals surface area (Å²) in [5.74, 6) is 0.481. The second-order valence-corrected chi connectivity index (χ2v) is 8.11. The summed E-state index contributed by atoms with van der Waals surface area (Å²) in [6.07, 6.45) is -3.05. The molecule has 0 aliphatic carbocycles. The van der Waals surface area contributed by atoms with Crippen LogP contribution in [0.15, 0.2) is 65.7 Å². The van der Waals surface area contributed by atoms with E-state index in [4.69, 9.17) is 4.74 Å². The number of aromatic nitrogens is 2. The van der Waals surface area contributed by atoms with Gasteiger partial charge in [0.15, 0.2) is 0 Å². The molecule has 0 saturated carbocycles. The van der Waals surface area contributed by atoms with Gasteiger partial charge in [0.25, 0.3) is 5.56 Å². The van der Waals surface area contributed by atoms with Crippen LogP contribution in [0.4, 0.5) is 18.9 Å². The first-order chi connectivity index (χ1) is 16.7. The van der Waals surface area contributed by atoms with Crippen LogP contribution in [-0.2, 0) is 17.5 Å². The number of piperazine rings is 1. The van der Waals surface area contributed by atoms with E-state index in [0.29, 0.717) is 44.2 Å². The van der Waals surface area contributed by atoms with E-state index >= 15 is 0 Å². The highest BCUT2D eigenvalue weighted by Gasteiger charge is 2.31. The number of halogens is 3. The summed E-state index contributed by atoms with van der Waals surface area (Å²) < 4.78 is 45.7. The molecule has 0 bridgehead atoms. The standard InChI is InChI=1S/C25H25F3N4O3/c1-2-35-21-8-6-18(7-9-21)22-15-23(33)32(17-29-22)16-24(34)31-12-10-30(11-13-31)20-5-3-4-19(14-20)25(26,27)28/h3-9,14-15,17H,2,10-13,16H2,1H3. The van der Waals surface area contributed by atoms with Crippen molar-refractivity contribution in [2.45, 2.75) is 19.6 Å². The molecule has 1 fully saturated rings. The van der Waals surface area contributed by atoms with Gasteiger partial charge in [0, 0.05) is 43.5 Å². The predicted octanol–water partition coefficient (Wildman–Crippen LogP) is 3.68. The van der Waals surface area contributed by atoms with E-state index in [9.17, 15) is 22.8 Å². The summed E-state index contributed by atoms with van der Waals surface area (Å²) in [4.78, 5) is 33.1. The normalized spacial score (nSPS) is 14.2. The van der Waals surface area contributed by atoms with Crippen molar-refractivity contribution in [2.75, 3.05) is 37.7 Å². The molecule has 1 aliphatic rings. The van der Waals surface area contributed by atoms with Gasteiger partial charge in [0.2, 0.25) is 5.91 Å². The first kappa shape index (κ1) is 24.3. The van der Waals surface area contributed by atoms with Gasteiger partial charge < -0.3 is 14.5 Å². The number of hydrogen-bond donors (Lipinski definition) is 0. The van der Waals surface area contributed by atoms with Gasteiger partial charge in [0.05, 0.1) is 24.2 Å². The smallest absolute Gasteiger partial charge is 0.416 e. The highest BCUT2D eigenvalue weighted by Crippen LogP contribution is 2.32. The zero-order valence-electron chi connectivity index (χ0n) is 19.2. The molecule has 184 valence electrons. The lowest BCUT2D eigenvalue weighted by molar-refractivity contribution is -0.137. The molecule has 2 aromatic carbocycles. The van der Waals surface area contributed by atoms with Crippen LogP contribution in [0.2, 0.25) is 0 Å². The van der Waals surface area contributed by atoms with E-state index in [2.05, 4.69) is 4.98 Å². The third kappa shape index (κ3) is 5.82. The van der Waals surface area contributed by atoms with E-state index in [1.807, 2.05) is 24.0 Å². The molecule has 1 saturated heterocycles. The Kier molecular flexibility index (Phi) is 7.09. The molecule has 0 unspecified atom stereocenters. The van der Waals surface area contributed by atoms with Crippen LogP contribution in [0.25, 0.3) is 11.3 Å². The lowest BCUT2D eigenvalue weighted by Gasteiger charge is -2.36. The first-order valence-corrected chi connectivity index (χ1v) is 11.2. The molecule has 0 radical (unpaired) electrons. The zero-order chi connectivity index (χ0) is 25.0. The number of anilines is 1. The Bertz CT molecular complexity index is 1230. The van der Waals surface area contributed by atoms with Gasteiger partial charge in [-0.2, -0.15) is 13.2 Å². The van der Waals surface area contributed by atoms with E-state index in [0.717, 1.165) is 23.4 Å². The lowest BCUT2D eigenvalue weighted by Crippen LogP contribution is -2.50. The molecule has 0 atom stereocenters. The monoisotopic (exact) mass is 486 g/mol. The van der Waals surface area contributed by atoms with Gasteiger partial charge in [0.1, 0.15) is 12.3 Å². The molecule has 4 rings (SSSR count). The molecule has 10 heteroatoms. The third-order valence-electron chi connectivity index (χ3n) is 5.82. The van der Waals surface area contributed by atoms with Crippen LogP contribution >= 0.6 is 0 Å². The van der Waals surface area contributed by atoms with Crippen LogP contribution in [0, 0.1) is 0 Å². The molecule has 1 amide bonds.